The standard InChI is InChI=1S/C61H36N4/c62-35-37-17-21-40(22-18-37)50-31-56-52(46-12-5-4-11-45(46)50)32-51(41-23-19-38(36-63)20-24-41)55-33-53-48-14-8-13-47-44(29-30-49(60(47)48)54(53)34-57(55)56)39-25-27-43(28-26-39)65-59-16-7-6-15-58(59)64-61(65)42-9-2-1-3-10-42/h1-34,61,64H. The molecule has 1 heterocycles. The van der Waals surface area contributed by atoms with Gasteiger partial charge in [-0.25, -0.2) is 0 Å². The first-order chi connectivity index (χ1) is 32.1. The van der Waals surface area contributed by atoms with Gasteiger partial charge in [0, 0.05) is 5.69 Å². The van der Waals surface area contributed by atoms with Crippen molar-refractivity contribution in [3.63, 3.8) is 0 Å². The molecule has 0 amide bonds. The highest BCUT2D eigenvalue weighted by atomic mass is 15.3. The van der Waals surface area contributed by atoms with Gasteiger partial charge in [0.05, 0.1) is 34.6 Å². The van der Waals surface area contributed by atoms with E-state index in [0.29, 0.717) is 11.1 Å². The molecule has 65 heavy (non-hydrogen) atoms. The number of fused-ring (bicyclic) bond motifs is 9. The molecule has 300 valence electrons. The molecule has 4 nitrogen and oxygen atoms in total. The molecule has 0 saturated heterocycles. The van der Waals surface area contributed by atoms with Gasteiger partial charge in [0.25, 0.3) is 0 Å². The number of nitrogens with zero attached hydrogens (tertiary/aromatic N) is 3. The molecule has 0 saturated carbocycles. The average molecular weight is 825 g/mol. The Labute approximate surface area is 376 Å². The van der Waals surface area contributed by atoms with Crippen LogP contribution in [-0.4, -0.2) is 0 Å². The Kier molecular flexibility index (Phi) is 8.06. The van der Waals surface area contributed by atoms with Crippen molar-refractivity contribution in [2.24, 2.45) is 0 Å². The lowest BCUT2D eigenvalue weighted by molar-refractivity contribution is 0.828. The average Bonchev–Trinajstić information content (AvgIpc) is 3.92. The fraction of sp³-hybridized carbons (Fsp3) is 0.0164. The molecule has 1 atom stereocenters. The molecule has 1 unspecified atom stereocenters. The number of hydrogen-bond donors (Lipinski definition) is 1. The van der Waals surface area contributed by atoms with Crippen LogP contribution in [0.25, 0.3) is 98.7 Å². The summed E-state index contributed by atoms with van der Waals surface area (Å²) in [7, 11) is 0. The zero-order valence-electron chi connectivity index (χ0n) is 35.0. The van der Waals surface area contributed by atoms with E-state index >= 15 is 0 Å². The highest BCUT2D eigenvalue weighted by Gasteiger charge is 2.31. The predicted molar refractivity (Wildman–Crippen MR) is 268 cm³/mol. The van der Waals surface area contributed by atoms with E-state index in [1.807, 2.05) is 24.3 Å². The van der Waals surface area contributed by atoms with E-state index < -0.39 is 0 Å². The third-order valence-corrected chi connectivity index (χ3v) is 13.7. The summed E-state index contributed by atoms with van der Waals surface area (Å²) in [5, 5.41) is 32.6. The van der Waals surface area contributed by atoms with E-state index in [4.69, 9.17) is 0 Å². The topological polar surface area (TPSA) is 62.9 Å². The van der Waals surface area contributed by atoms with Crippen molar-refractivity contribution in [3.8, 4) is 67.8 Å². The summed E-state index contributed by atoms with van der Waals surface area (Å²) in [6.45, 7) is 0. The van der Waals surface area contributed by atoms with E-state index in [-0.39, 0.29) is 6.17 Å². The van der Waals surface area contributed by atoms with Gasteiger partial charge in [-0.2, -0.15) is 10.5 Å². The Morgan fingerprint density at radius 3 is 1.58 bits per heavy atom. The number of para-hydroxylation sites is 2. The first-order valence-electron chi connectivity index (χ1n) is 22.0. The molecule has 4 heteroatoms. The lowest BCUT2D eigenvalue weighted by Crippen LogP contribution is -2.23. The van der Waals surface area contributed by atoms with Gasteiger partial charge in [0.2, 0.25) is 0 Å². The lowest BCUT2D eigenvalue weighted by Gasteiger charge is -2.27. The van der Waals surface area contributed by atoms with Crippen LogP contribution in [-0.2, 0) is 0 Å². The summed E-state index contributed by atoms with van der Waals surface area (Å²) < 4.78 is 0. The van der Waals surface area contributed by atoms with Crippen LogP contribution in [0, 0.1) is 22.7 Å². The third kappa shape index (κ3) is 5.62. The second-order valence-corrected chi connectivity index (χ2v) is 17.1. The van der Waals surface area contributed by atoms with Crippen LogP contribution in [0.3, 0.4) is 0 Å². The molecular formula is C61H36N4. The molecule has 0 aromatic heterocycles. The first-order valence-corrected chi connectivity index (χ1v) is 22.0. The van der Waals surface area contributed by atoms with Crippen molar-refractivity contribution in [1.29, 1.82) is 10.5 Å². The molecule has 1 N–H and O–H groups in total. The Bertz CT molecular complexity index is 3860. The molecule has 0 radical (unpaired) electrons. The van der Waals surface area contributed by atoms with Crippen LogP contribution >= 0.6 is 0 Å². The third-order valence-electron chi connectivity index (χ3n) is 13.7. The van der Waals surface area contributed by atoms with Crippen molar-refractivity contribution < 1.29 is 0 Å². The second-order valence-electron chi connectivity index (χ2n) is 17.1. The van der Waals surface area contributed by atoms with Crippen molar-refractivity contribution in [2.45, 2.75) is 6.17 Å². The summed E-state index contributed by atoms with van der Waals surface area (Å²) in [6, 6.07) is 78.2. The van der Waals surface area contributed by atoms with Gasteiger partial charge in [-0.05, 0) is 177 Å². The molecule has 0 bridgehead atoms. The van der Waals surface area contributed by atoms with Gasteiger partial charge in [0.15, 0.2) is 0 Å². The largest absolute Gasteiger partial charge is 0.359 e. The molecule has 11 aromatic rings. The van der Waals surface area contributed by atoms with Crippen molar-refractivity contribution in [3.05, 3.63) is 223 Å². The van der Waals surface area contributed by atoms with Crippen LogP contribution in [0.15, 0.2) is 206 Å². The fourth-order valence-electron chi connectivity index (χ4n) is 10.6. The minimum Gasteiger partial charge on any atom is -0.359 e. The van der Waals surface area contributed by atoms with Crippen LogP contribution in [0.2, 0.25) is 0 Å². The number of rotatable bonds is 5. The SMILES string of the molecule is N#Cc1ccc(-c2cc3c4cc5c(cc4c(-c4ccc(C#N)cc4)cc3c3ccccc23)-c2cccc3c(-c4ccc(N6c7ccccc7NC6c6ccccc6)cc4)ccc-5c23)cc1. The fourth-order valence-corrected chi connectivity index (χ4v) is 10.6. The number of anilines is 3. The highest BCUT2D eigenvalue weighted by Crippen LogP contribution is 2.53. The molecule has 11 aromatic carbocycles. The van der Waals surface area contributed by atoms with Crippen LogP contribution in [0.1, 0.15) is 22.9 Å². The summed E-state index contributed by atoms with van der Waals surface area (Å²) in [6.07, 6.45) is -0.0129. The predicted octanol–water partition coefficient (Wildman–Crippen LogP) is 16.0. The molecular weight excluding hydrogens is 789 g/mol. The second kappa shape index (κ2) is 14.3. The number of nitrogens with one attached hydrogen (secondary N) is 1. The van der Waals surface area contributed by atoms with Crippen molar-refractivity contribution >= 4 is 60.2 Å². The first kappa shape index (κ1) is 36.7. The van der Waals surface area contributed by atoms with Gasteiger partial charge < -0.3 is 10.2 Å². The molecule has 13 rings (SSSR count). The maximum absolute atomic E-state index is 9.70. The summed E-state index contributed by atoms with van der Waals surface area (Å²) in [5.41, 5.74) is 17.6. The molecule has 0 spiro atoms. The van der Waals surface area contributed by atoms with Crippen LogP contribution in [0.5, 0.6) is 0 Å². The summed E-state index contributed by atoms with van der Waals surface area (Å²) in [5.74, 6) is 0. The van der Waals surface area contributed by atoms with Crippen LogP contribution in [0.4, 0.5) is 17.1 Å². The maximum Gasteiger partial charge on any atom is 0.130 e. The Hall–Kier alpha value is -8.96. The zero-order valence-corrected chi connectivity index (χ0v) is 35.0. The zero-order chi connectivity index (χ0) is 43.2. The Balaban J connectivity index is 0.990. The van der Waals surface area contributed by atoms with Crippen molar-refractivity contribution in [1.82, 2.24) is 0 Å². The normalized spacial score (nSPS) is 13.4. The maximum atomic E-state index is 9.70. The number of benzene rings is 11. The van der Waals surface area contributed by atoms with E-state index in [9.17, 15) is 10.5 Å². The minimum absolute atomic E-state index is 0.0129. The molecule has 2 aliphatic rings. The highest BCUT2D eigenvalue weighted by molar-refractivity contribution is 6.27. The number of nitriles is 2. The van der Waals surface area contributed by atoms with E-state index in [2.05, 4.69) is 204 Å². The molecule has 1 aliphatic heterocycles. The minimum atomic E-state index is -0.0129. The molecule has 0 fully saturated rings. The summed E-state index contributed by atoms with van der Waals surface area (Å²) >= 11 is 0. The van der Waals surface area contributed by atoms with Gasteiger partial charge >= 0.3 is 0 Å². The van der Waals surface area contributed by atoms with Gasteiger partial charge in [0.1, 0.15) is 6.17 Å². The van der Waals surface area contributed by atoms with E-state index in [1.54, 1.807) is 0 Å². The quantitative estimate of drug-likeness (QED) is 0.176. The van der Waals surface area contributed by atoms with Gasteiger partial charge in [-0.3, -0.25) is 0 Å². The van der Waals surface area contributed by atoms with Crippen LogP contribution < -0.4 is 10.2 Å². The Morgan fingerprint density at radius 2 is 0.877 bits per heavy atom. The number of hydrogen-bond acceptors (Lipinski definition) is 4. The van der Waals surface area contributed by atoms with Crippen molar-refractivity contribution in [2.75, 3.05) is 10.2 Å². The van der Waals surface area contributed by atoms with E-state index in [0.717, 1.165) is 44.4 Å². The monoisotopic (exact) mass is 824 g/mol. The lowest BCUT2D eigenvalue weighted by atomic mass is 9.86. The molecule has 1 aliphatic carbocycles. The smallest absolute Gasteiger partial charge is 0.130 e. The van der Waals surface area contributed by atoms with E-state index in [1.165, 1.54) is 76.9 Å². The Morgan fingerprint density at radius 1 is 0.369 bits per heavy atom. The van der Waals surface area contributed by atoms with Gasteiger partial charge in [-0.1, -0.05) is 133 Å². The summed E-state index contributed by atoms with van der Waals surface area (Å²) in [4.78, 5) is 2.40. The van der Waals surface area contributed by atoms with Gasteiger partial charge in [-0.15, -0.1) is 0 Å².